The second-order valence-electron chi connectivity index (χ2n) is 5.30. The second kappa shape index (κ2) is 4.93. The van der Waals surface area contributed by atoms with Gasteiger partial charge in [-0.2, -0.15) is 0 Å². The molecule has 1 aromatic carbocycles. The molecule has 1 aliphatic carbocycles. The summed E-state index contributed by atoms with van der Waals surface area (Å²) in [7, 11) is 0. The molecule has 108 valence electrons. The second-order valence-corrected chi connectivity index (χ2v) is 5.30. The Hall–Kier alpha value is -2.27. The summed E-state index contributed by atoms with van der Waals surface area (Å²) >= 11 is 0. The highest BCUT2D eigenvalue weighted by molar-refractivity contribution is 6.27. The third kappa shape index (κ3) is 2.19. The molecule has 0 unspecified atom stereocenters. The summed E-state index contributed by atoms with van der Waals surface area (Å²) < 4.78 is 5.59. The van der Waals surface area contributed by atoms with Gasteiger partial charge in [-0.15, -0.1) is 0 Å². The van der Waals surface area contributed by atoms with Crippen molar-refractivity contribution >= 4 is 17.5 Å². The lowest BCUT2D eigenvalue weighted by molar-refractivity contribution is -0.141. The predicted octanol–water partition coefficient (Wildman–Crippen LogP) is 2.01. The van der Waals surface area contributed by atoms with Crippen LogP contribution in [0, 0.1) is 0 Å². The highest BCUT2D eigenvalue weighted by Gasteiger charge is 2.39. The van der Waals surface area contributed by atoms with E-state index < -0.39 is 18.2 Å². The number of hydrogen-bond donors (Lipinski definition) is 1. The normalized spacial score (nSPS) is 24.6. The number of ketones is 2. The van der Waals surface area contributed by atoms with Crippen LogP contribution >= 0.6 is 0 Å². The molecular formula is C16H14O5. The van der Waals surface area contributed by atoms with E-state index in [9.17, 15) is 14.4 Å². The first-order valence-corrected chi connectivity index (χ1v) is 6.77. The quantitative estimate of drug-likeness (QED) is 0.899. The molecular weight excluding hydrogens is 272 g/mol. The molecule has 1 N–H and O–H groups in total. The molecule has 0 fully saturated rings. The van der Waals surface area contributed by atoms with E-state index in [4.69, 9.17) is 9.84 Å². The SMILES string of the molecule is C[C@@H]1O[C@@H](CC(=O)O)CC2=C1C(=O)c1ccccc1C2=O. The van der Waals surface area contributed by atoms with Crippen molar-refractivity contribution in [3.8, 4) is 0 Å². The number of rotatable bonds is 2. The van der Waals surface area contributed by atoms with Crippen LogP contribution in [0.5, 0.6) is 0 Å². The molecule has 0 amide bonds. The van der Waals surface area contributed by atoms with Crippen LogP contribution in [0.15, 0.2) is 35.4 Å². The zero-order valence-corrected chi connectivity index (χ0v) is 11.5. The van der Waals surface area contributed by atoms with Crippen molar-refractivity contribution in [2.75, 3.05) is 0 Å². The van der Waals surface area contributed by atoms with E-state index in [0.29, 0.717) is 22.3 Å². The first-order valence-electron chi connectivity index (χ1n) is 6.77. The fourth-order valence-electron chi connectivity index (χ4n) is 3.03. The summed E-state index contributed by atoms with van der Waals surface area (Å²) in [6.45, 7) is 1.68. The lowest BCUT2D eigenvalue weighted by Crippen LogP contribution is -2.38. The fourth-order valence-corrected chi connectivity index (χ4v) is 3.03. The van der Waals surface area contributed by atoms with Gasteiger partial charge in [-0.05, 0) is 6.92 Å². The molecule has 21 heavy (non-hydrogen) atoms. The van der Waals surface area contributed by atoms with Crippen LogP contribution in [0.3, 0.4) is 0 Å². The first kappa shape index (κ1) is 13.7. The Morgan fingerprint density at radius 2 is 1.86 bits per heavy atom. The van der Waals surface area contributed by atoms with Gasteiger partial charge in [0.25, 0.3) is 0 Å². The van der Waals surface area contributed by atoms with Crippen molar-refractivity contribution in [2.24, 2.45) is 0 Å². The molecule has 0 bridgehead atoms. The molecule has 1 heterocycles. The Kier molecular flexibility index (Phi) is 3.22. The Bertz CT molecular complexity index is 686. The third-order valence-electron chi connectivity index (χ3n) is 3.90. The third-order valence-corrected chi connectivity index (χ3v) is 3.90. The lowest BCUT2D eigenvalue weighted by atomic mass is 9.78. The van der Waals surface area contributed by atoms with Crippen molar-refractivity contribution in [3.63, 3.8) is 0 Å². The number of fused-ring (bicyclic) bond motifs is 1. The average Bonchev–Trinajstić information content (AvgIpc) is 2.43. The van der Waals surface area contributed by atoms with Gasteiger partial charge < -0.3 is 9.84 Å². The maximum Gasteiger partial charge on any atom is 0.305 e. The Morgan fingerprint density at radius 3 is 2.48 bits per heavy atom. The Balaban J connectivity index is 2.04. The smallest absolute Gasteiger partial charge is 0.305 e. The minimum atomic E-state index is -0.980. The van der Waals surface area contributed by atoms with Gasteiger partial charge in [0.2, 0.25) is 0 Å². The van der Waals surface area contributed by atoms with Gasteiger partial charge in [0.05, 0.1) is 18.6 Å². The molecule has 3 rings (SSSR count). The summed E-state index contributed by atoms with van der Waals surface area (Å²) in [4.78, 5) is 35.9. The number of carbonyl (C=O) groups excluding carboxylic acids is 2. The highest BCUT2D eigenvalue weighted by Crippen LogP contribution is 2.36. The summed E-state index contributed by atoms with van der Waals surface area (Å²) in [5, 5.41) is 8.88. The summed E-state index contributed by atoms with van der Waals surface area (Å²) in [5.74, 6) is -1.36. The van der Waals surface area contributed by atoms with Gasteiger partial charge >= 0.3 is 5.97 Å². The van der Waals surface area contributed by atoms with Crippen LogP contribution in [0.25, 0.3) is 0 Å². The van der Waals surface area contributed by atoms with E-state index in [0.717, 1.165) is 0 Å². The number of hydrogen-bond acceptors (Lipinski definition) is 4. The van der Waals surface area contributed by atoms with E-state index >= 15 is 0 Å². The minimum Gasteiger partial charge on any atom is -0.481 e. The molecule has 0 aromatic heterocycles. The summed E-state index contributed by atoms with van der Waals surface area (Å²) in [6, 6.07) is 6.70. The largest absolute Gasteiger partial charge is 0.481 e. The molecule has 5 heteroatoms. The van der Waals surface area contributed by atoms with Crippen molar-refractivity contribution < 1.29 is 24.2 Å². The minimum absolute atomic E-state index is 0.172. The van der Waals surface area contributed by atoms with E-state index in [1.54, 1.807) is 31.2 Å². The first-order chi connectivity index (χ1) is 9.99. The maximum atomic E-state index is 12.6. The number of benzene rings is 1. The number of aliphatic carboxylic acids is 1. The van der Waals surface area contributed by atoms with Gasteiger partial charge in [-0.1, -0.05) is 24.3 Å². The Morgan fingerprint density at radius 1 is 1.24 bits per heavy atom. The van der Waals surface area contributed by atoms with E-state index in [1.807, 2.05) is 0 Å². The number of ether oxygens (including phenoxy) is 1. The molecule has 2 aliphatic rings. The summed E-state index contributed by atoms with van der Waals surface area (Å²) in [5.41, 5.74) is 1.57. The fraction of sp³-hybridized carbons (Fsp3) is 0.312. The molecule has 0 saturated carbocycles. The predicted molar refractivity (Wildman–Crippen MR) is 73.3 cm³/mol. The van der Waals surface area contributed by atoms with Gasteiger partial charge in [0, 0.05) is 28.7 Å². The van der Waals surface area contributed by atoms with Crippen LogP contribution in [0.2, 0.25) is 0 Å². The van der Waals surface area contributed by atoms with Gasteiger partial charge in [-0.25, -0.2) is 0 Å². The van der Waals surface area contributed by atoms with Crippen LogP contribution in [0.1, 0.15) is 40.5 Å². The Labute approximate surface area is 121 Å². The number of carboxylic acid groups (broad SMARTS) is 1. The molecule has 0 saturated heterocycles. The van der Waals surface area contributed by atoms with Crippen molar-refractivity contribution in [2.45, 2.75) is 32.0 Å². The van der Waals surface area contributed by atoms with Crippen LogP contribution in [-0.4, -0.2) is 34.9 Å². The molecule has 0 radical (unpaired) electrons. The van der Waals surface area contributed by atoms with E-state index in [-0.39, 0.29) is 24.4 Å². The van der Waals surface area contributed by atoms with Gasteiger partial charge in [-0.3, -0.25) is 14.4 Å². The standard InChI is InChI=1S/C16H14O5/c1-8-14-12(6-9(21-8)7-13(17)18)15(19)10-4-2-3-5-11(10)16(14)20/h2-5,8-9H,6-7H2,1H3,(H,17,18)/t8-,9+/m0/s1. The molecule has 0 spiro atoms. The molecule has 2 atom stereocenters. The maximum absolute atomic E-state index is 12.6. The topological polar surface area (TPSA) is 80.7 Å². The average molecular weight is 286 g/mol. The summed E-state index contributed by atoms with van der Waals surface area (Å²) in [6.07, 6.45) is -1.14. The monoisotopic (exact) mass is 286 g/mol. The highest BCUT2D eigenvalue weighted by atomic mass is 16.5. The van der Waals surface area contributed by atoms with Crippen molar-refractivity contribution in [1.29, 1.82) is 0 Å². The van der Waals surface area contributed by atoms with Crippen LogP contribution in [0.4, 0.5) is 0 Å². The zero-order chi connectivity index (χ0) is 15.1. The van der Waals surface area contributed by atoms with Gasteiger partial charge in [0.1, 0.15) is 0 Å². The van der Waals surface area contributed by atoms with Crippen molar-refractivity contribution in [3.05, 3.63) is 46.5 Å². The van der Waals surface area contributed by atoms with Gasteiger partial charge in [0.15, 0.2) is 11.6 Å². The zero-order valence-electron chi connectivity index (χ0n) is 11.5. The number of carboxylic acids is 1. The van der Waals surface area contributed by atoms with Crippen molar-refractivity contribution in [1.82, 2.24) is 0 Å². The molecule has 5 nitrogen and oxygen atoms in total. The van der Waals surface area contributed by atoms with Crippen LogP contribution in [-0.2, 0) is 9.53 Å². The lowest BCUT2D eigenvalue weighted by Gasteiger charge is -2.33. The molecule has 1 aliphatic heterocycles. The van der Waals surface area contributed by atoms with E-state index in [2.05, 4.69) is 0 Å². The number of Topliss-reactive ketones (excluding diaryl/α,β-unsaturated/α-hetero) is 2. The van der Waals surface area contributed by atoms with E-state index in [1.165, 1.54) is 0 Å². The van der Waals surface area contributed by atoms with Crippen LogP contribution < -0.4 is 0 Å². The number of carbonyl (C=O) groups is 3. The molecule has 1 aromatic rings.